The third-order valence-corrected chi connectivity index (χ3v) is 6.89. The third kappa shape index (κ3) is 6.13. The third-order valence-electron chi connectivity index (χ3n) is 6.89. The van der Waals surface area contributed by atoms with E-state index in [9.17, 15) is 9.59 Å². The van der Waals surface area contributed by atoms with Gasteiger partial charge < -0.3 is 15.1 Å². The van der Waals surface area contributed by atoms with Crippen LogP contribution in [-0.2, 0) is 16.0 Å². The maximum absolute atomic E-state index is 12.8. The van der Waals surface area contributed by atoms with E-state index < -0.39 is 0 Å². The van der Waals surface area contributed by atoms with Gasteiger partial charge in [-0.3, -0.25) is 9.59 Å². The molecule has 4 rings (SSSR count). The Morgan fingerprint density at radius 3 is 2.21 bits per heavy atom. The monoisotopic (exact) mass is 444 g/mol. The van der Waals surface area contributed by atoms with Crippen molar-refractivity contribution in [1.29, 1.82) is 5.26 Å². The quantitative estimate of drug-likeness (QED) is 0.740. The van der Waals surface area contributed by atoms with Crippen LogP contribution >= 0.6 is 0 Å². The van der Waals surface area contributed by atoms with E-state index in [0.717, 1.165) is 50.9 Å². The Morgan fingerprint density at radius 1 is 0.909 bits per heavy atom. The van der Waals surface area contributed by atoms with Gasteiger partial charge in [0.05, 0.1) is 11.6 Å². The Hall–Kier alpha value is -3.33. The van der Waals surface area contributed by atoms with Crippen molar-refractivity contribution in [2.24, 2.45) is 5.92 Å². The highest BCUT2D eigenvalue weighted by Gasteiger charge is 2.29. The number of rotatable bonds is 6. The van der Waals surface area contributed by atoms with E-state index in [2.05, 4.69) is 28.4 Å². The second-order valence-electron chi connectivity index (χ2n) is 9.07. The molecule has 2 amide bonds. The van der Waals surface area contributed by atoms with Crippen LogP contribution in [0.3, 0.4) is 0 Å². The summed E-state index contributed by atoms with van der Waals surface area (Å²) in [4.78, 5) is 29.6. The number of likely N-dealkylation sites (tertiary alicyclic amines) is 1. The number of carbonyl (C=O) groups excluding carboxylic acids is 2. The predicted octanol–water partition coefficient (Wildman–Crippen LogP) is 3.51. The van der Waals surface area contributed by atoms with Crippen LogP contribution < -0.4 is 10.2 Å². The van der Waals surface area contributed by atoms with E-state index in [4.69, 9.17) is 5.26 Å². The Morgan fingerprint density at radius 2 is 1.58 bits per heavy atom. The molecule has 2 saturated heterocycles. The molecule has 0 bridgehead atoms. The van der Waals surface area contributed by atoms with Crippen LogP contribution in [0, 0.1) is 17.2 Å². The first-order chi connectivity index (χ1) is 16.1. The van der Waals surface area contributed by atoms with Gasteiger partial charge in [0.25, 0.3) is 0 Å². The number of amides is 2. The summed E-state index contributed by atoms with van der Waals surface area (Å²) in [7, 11) is 0. The number of nitrogens with one attached hydrogen (secondary N) is 1. The fourth-order valence-corrected chi connectivity index (χ4v) is 4.79. The van der Waals surface area contributed by atoms with Gasteiger partial charge in [0.15, 0.2) is 0 Å². The average molecular weight is 445 g/mol. The lowest BCUT2D eigenvalue weighted by Crippen LogP contribution is -2.48. The Balaban J connectivity index is 1.16. The minimum atomic E-state index is -0.000251. The molecule has 6 nitrogen and oxygen atoms in total. The van der Waals surface area contributed by atoms with Gasteiger partial charge in [0.2, 0.25) is 11.8 Å². The maximum atomic E-state index is 12.8. The van der Waals surface area contributed by atoms with E-state index in [0.29, 0.717) is 25.1 Å². The molecule has 2 fully saturated rings. The van der Waals surface area contributed by atoms with Gasteiger partial charge in [-0.1, -0.05) is 30.3 Å². The number of hydrogen-bond acceptors (Lipinski definition) is 4. The minimum Gasteiger partial charge on any atom is -0.371 e. The number of carbonyl (C=O) groups is 2. The molecule has 2 aromatic rings. The van der Waals surface area contributed by atoms with Crippen molar-refractivity contribution >= 4 is 17.5 Å². The zero-order valence-electron chi connectivity index (χ0n) is 19.1. The molecule has 0 unspecified atom stereocenters. The highest BCUT2D eigenvalue weighted by atomic mass is 16.2. The van der Waals surface area contributed by atoms with Crippen LogP contribution in [0.25, 0.3) is 0 Å². The molecule has 2 aliphatic rings. The minimum absolute atomic E-state index is 0.000251. The summed E-state index contributed by atoms with van der Waals surface area (Å²) in [5.74, 6) is 0.329. The number of aryl methyl sites for hydroxylation is 1. The maximum Gasteiger partial charge on any atom is 0.223 e. The van der Waals surface area contributed by atoms with Gasteiger partial charge in [-0.25, -0.2) is 0 Å². The van der Waals surface area contributed by atoms with E-state index in [-0.39, 0.29) is 23.8 Å². The molecule has 0 atom stereocenters. The topological polar surface area (TPSA) is 76.4 Å². The molecule has 0 aliphatic carbocycles. The van der Waals surface area contributed by atoms with Gasteiger partial charge in [0, 0.05) is 50.2 Å². The summed E-state index contributed by atoms with van der Waals surface area (Å²) < 4.78 is 0. The van der Waals surface area contributed by atoms with Crippen LogP contribution in [0.4, 0.5) is 5.69 Å². The van der Waals surface area contributed by atoms with E-state index in [1.165, 1.54) is 5.56 Å². The average Bonchev–Trinajstić information content (AvgIpc) is 2.88. The first kappa shape index (κ1) is 22.8. The molecule has 2 heterocycles. The molecule has 2 aromatic carbocycles. The molecular weight excluding hydrogens is 412 g/mol. The molecule has 33 heavy (non-hydrogen) atoms. The van der Waals surface area contributed by atoms with Crippen molar-refractivity contribution in [3.8, 4) is 6.07 Å². The Bertz CT molecular complexity index is 967. The molecule has 0 spiro atoms. The van der Waals surface area contributed by atoms with Crippen LogP contribution in [0.5, 0.6) is 0 Å². The summed E-state index contributed by atoms with van der Waals surface area (Å²) in [5.41, 5.74) is 2.98. The first-order valence-corrected chi connectivity index (χ1v) is 12.0. The number of hydrogen-bond donors (Lipinski definition) is 1. The number of nitrogens with zero attached hydrogens (tertiary/aromatic N) is 3. The van der Waals surface area contributed by atoms with Gasteiger partial charge in [0.1, 0.15) is 0 Å². The molecule has 0 aromatic heterocycles. The standard InChI is InChI=1S/C27H32N4O2/c28-20-22-6-9-25(10-7-22)30-18-14-24(15-19-30)29-27(33)23-12-16-31(17-13-23)26(32)11-8-21-4-2-1-3-5-21/h1-7,9-10,23-24H,8,11-19H2,(H,29,33). The van der Waals surface area contributed by atoms with E-state index in [1.807, 2.05) is 47.4 Å². The second-order valence-corrected chi connectivity index (χ2v) is 9.07. The molecular formula is C27H32N4O2. The molecule has 2 aliphatic heterocycles. The normalized spacial score (nSPS) is 17.4. The van der Waals surface area contributed by atoms with Crippen LogP contribution in [0.1, 0.15) is 43.2 Å². The highest BCUT2D eigenvalue weighted by molar-refractivity contribution is 5.80. The molecule has 1 N–H and O–H groups in total. The van der Waals surface area contributed by atoms with Crippen molar-refractivity contribution in [3.63, 3.8) is 0 Å². The smallest absolute Gasteiger partial charge is 0.223 e. The van der Waals surface area contributed by atoms with Crippen LogP contribution in [0.15, 0.2) is 54.6 Å². The molecule has 0 saturated carbocycles. The first-order valence-electron chi connectivity index (χ1n) is 12.0. The van der Waals surface area contributed by atoms with Crippen molar-refractivity contribution in [3.05, 3.63) is 65.7 Å². The van der Waals surface area contributed by atoms with Crippen molar-refractivity contribution in [1.82, 2.24) is 10.2 Å². The van der Waals surface area contributed by atoms with Gasteiger partial charge in [-0.2, -0.15) is 5.26 Å². The SMILES string of the molecule is N#Cc1ccc(N2CCC(NC(=O)C3CCN(C(=O)CCc4ccccc4)CC3)CC2)cc1. The van der Waals surface area contributed by atoms with Gasteiger partial charge in [-0.15, -0.1) is 0 Å². The number of nitriles is 1. The summed E-state index contributed by atoms with van der Waals surface area (Å²) in [5, 5.41) is 12.2. The van der Waals surface area contributed by atoms with Gasteiger partial charge in [-0.05, 0) is 61.9 Å². The molecule has 172 valence electrons. The number of anilines is 1. The lowest BCUT2D eigenvalue weighted by Gasteiger charge is -2.36. The second kappa shape index (κ2) is 11.0. The van der Waals surface area contributed by atoms with Crippen molar-refractivity contribution in [2.75, 3.05) is 31.1 Å². The fraction of sp³-hybridized carbons (Fsp3) is 0.444. The lowest BCUT2D eigenvalue weighted by molar-refractivity contribution is -0.135. The van der Waals surface area contributed by atoms with Crippen molar-refractivity contribution < 1.29 is 9.59 Å². The summed E-state index contributed by atoms with van der Waals surface area (Å²) in [6.07, 6.45) is 4.62. The lowest BCUT2D eigenvalue weighted by atomic mass is 9.94. The zero-order valence-corrected chi connectivity index (χ0v) is 19.1. The summed E-state index contributed by atoms with van der Waals surface area (Å²) in [6.45, 7) is 3.13. The van der Waals surface area contributed by atoms with Crippen molar-refractivity contribution in [2.45, 2.75) is 44.6 Å². The summed E-state index contributed by atoms with van der Waals surface area (Å²) >= 11 is 0. The highest BCUT2D eigenvalue weighted by Crippen LogP contribution is 2.22. The Labute approximate surface area is 196 Å². The molecule has 6 heteroatoms. The molecule has 0 radical (unpaired) electrons. The summed E-state index contributed by atoms with van der Waals surface area (Å²) in [6, 6.07) is 20.1. The largest absolute Gasteiger partial charge is 0.371 e. The number of piperidine rings is 2. The van der Waals surface area contributed by atoms with Crippen LogP contribution in [-0.4, -0.2) is 48.9 Å². The van der Waals surface area contributed by atoms with E-state index >= 15 is 0 Å². The van der Waals surface area contributed by atoms with Gasteiger partial charge >= 0.3 is 0 Å². The number of benzene rings is 2. The van der Waals surface area contributed by atoms with E-state index in [1.54, 1.807) is 0 Å². The fourth-order valence-electron chi connectivity index (χ4n) is 4.79. The van der Waals surface area contributed by atoms with Crippen LogP contribution in [0.2, 0.25) is 0 Å². The predicted molar refractivity (Wildman–Crippen MR) is 129 cm³/mol. The zero-order chi connectivity index (χ0) is 23.0. The Kier molecular flexibility index (Phi) is 7.62.